The molecule has 26 heavy (non-hydrogen) atoms. The molecule has 1 unspecified atom stereocenters. The summed E-state index contributed by atoms with van der Waals surface area (Å²) in [6, 6.07) is 8.90. The maximum Gasteiger partial charge on any atom is 0.191 e. The number of nitrogens with one attached hydrogen (secondary N) is 2. The summed E-state index contributed by atoms with van der Waals surface area (Å²) in [6.07, 6.45) is 7.79. The van der Waals surface area contributed by atoms with Gasteiger partial charge in [-0.15, -0.1) is 0 Å². The van der Waals surface area contributed by atoms with E-state index in [1.54, 1.807) is 7.11 Å². The molecule has 0 radical (unpaired) electrons. The van der Waals surface area contributed by atoms with Gasteiger partial charge in [-0.05, 0) is 44.2 Å². The van der Waals surface area contributed by atoms with Crippen LogP contribution < -0.4 is 20.3 Å². The SMILES string of the molecule is CCNC(=NCC1CCN(c2ccccc2OC)C1)NC1CCCCC1. The maximum absolute atomic E-state index is 5.52. The first kappa shape index (κ1) is 18.9. The molecule has 1 aromatic rings. The van der Waals surface area contributed by atoms with Crippen molar-refractivity contribution in [1.29, 1.82) is 0 Å². The summed E-state index contributed by atoms with van der Waals surface area (Å²) in [5, 5.41) is 7.07. The van der Waals surface area contributed by atoms with Crippen LogP contribution in [0.5, 0.6) is 5.75 Å². The Kier molecular flexibility index (Phi) is 7.04. The molecular formula is C21H34N4O. The highest BCUT2D eigenvalue weighted by molar-refractivity contribution is 5.80. The van der Waals surface area contributed by atoms with E-state index >= 15 is 0 Å². The van der Waals surface area contributed by atoms with Crippen molar-refractivity contribution in [2.45, 2.75) is 51.5 Å². The molecule has 3 rings (SSSR count). The number of para-hydroxylation sites is 2. The average molecular weight is 359 g/mol. The Morgan fingerprint density at radius 3 is 2.77 bits per heavy atom. The van der Waals surface area contributed by atoms with Crippen LogP contribution in [0.3, 0.4) is 0 Å². The smallest absolute Gasteiger partial charge is 0.191 e. The highest BCUT2D eigenvalue weighted by atomic mass is 16.5. The predicted molar refractivity (Wildman–Crippen MR) is 109 cm³/mol. The van der Waals surface area contributed by atoms with Gasteiger partial charge in [0, 0.05) is 32.2 Å². The minimum Gasteiger partial charge on any atom is -0.495 e. The van der Waals surface area contributed by atoms with Crippen LogP contribution in [0.25, 0.3) is 0 Å². The number of hydrogen-bond acceptors (Lipinski definition) is 3. The van der Waals surface area contributed by atoms with E-state index in [-0.39, 0.29) is 0 Å². The molecule has 5 heteroatoms. The van der Waals surface area contributed by atoms with E-state index in [9.17, 15) is 0 Å². The molecule has 2 aliphatic rings. The molecule has 144 valence electrons. The van der Waals surface area contributed by atoms with Gasteiger partial charge in [0.05, 0.1) is 12.8 Å². The monoisotopic (exact) mass is 358 g/mol. The van der Waals surface area contributed by atoms with Crippen molar-refractivity contribution < 1.29 is 4.74 Å². The zero-order valence-electron chi connectivity index (χ0n) is 16.3. The molecule has 1 saturated heterocycles. The van der Waals surface area contributed by atoms with Crippen molar-refractivity contribution in [2.24, 2.45) is 10.9 Å². The maximum atomic E-state index is 5.52. The number of benzene rings is 1. The van der Waals surface area contributed by atoms with Gasteiger partial charge in [0.2, 0.25) is 0 Å². The van der Waals surface area contributed by atoms with Crippen molar-refractivity contribution in [1.82, 2.24) is 10.6 Å². The molecule has 5 nitrogen and oxygen atoms in total. The minimum absolute atomic E-state index is 0.593. The number of ether oxygens (including phenoxy) is 1. The van der Waals surface area contributed by atoms with Crippen LogP contribution in [0.15, 0.2) is 29.3 Å². The summed E-state index contributed by atoms with van der Waals surface area (Å²) < 4.78 is 5.52. The van der Waals surface area contributed by atoms with Crippen molar-refractivity contribution in [3.63, 3.8) is 0 Å². The molecule has 2 fully saturated rings. The van der Waals surface area contributed by atoms with E-state index in [4.69, 9.17) is 9.73 Å². The van der Waals surface area contributed by atoms with Crippen molar-refractivity contribution in [3.05, 3.63) is 24.3 Å². The predicted octanol–water partition coefficient (Wildman–Crippen LogP) is 3.41. The average Bonchev–Trinajstić information content (AvgIpc) is 3.16. The first-order valence-electron chi connectivity index (χ1n) is 10.2. The number of nitrogens with zero attached hydrogens (tertiary/aromatic N) is 2. The third kappa shape index (κ3) is 5.05. The van der Waals surface area contributed by atoms with Gasteiger partial charge in [-0.25, -0.2) is 0 Å². The third-order valence-corrected chi connectivity index (χ3v) is 5.51. The molecule has 1 aromatic carbocycles. The molecule has 1 aliphatic carbocycles. The Balaban J connectivity index is 1.55. The number of methoxy groups -OCH3 is 1. The Labute approximate surface area is 158 Å². The Morgan fingerprint density at radius 1 is 1.19 bits per heavy atom. The summed E-state index contributed by atoms with van der Waals surface area (Å²) in [6.45, 7) is 6.06. The Morgan fingerprint density at radius 2 is 2.00 bits per heavy atom. The summed E-state index contributed by atoms with van der Waals surface area (Å²) in [5.74, 6) is 2.56. The molecule has 1 heterocycles. The van der Waals surface area contributed by atoms with Crippen LogP contribution in [0.4, 0.5) is 5.69 Å². The van der Waals surface area contributed by atoms with E-state index in [2.05, 4.69) is 34.6 Å². The number of aliphatic imine (C=N–C) groups is 1. The van der Waals surface area contributed by atoms with Gasteiger partial charge in [0.1, 0.15) is 5.75 Å². The Hall–Kier alpha value is -1.91. The lowest BCUT2D eigenvalue weighted by molar-refractivity contribution is 0.409. The highest BCUT2D eigenvalue weighted by Gasteiger charge is 2.24. The lowest BCUT2D eigenvalue weighted by Gasteiger charge is -2.25. The lowest BCUT2D eigenvalue weighted by Crippen LogP contribution is -2.44. The molecular weight excluding hydrogens is 324 g/mol. The fraction of sp³-hybridized carbons (Fsp3) is 0.667. The fourth-order valence-corrected chi connectivity index (χ4v) is 4.07. The molecule has 1 saturated carbocycles. The van der Waals surface area contributed by atoms with E-state index in [1.165, 1.54) is 44.2 Å². The van der Waals surface area contributed by atoms with Gasteiger partial charge >= 0.3 is 0 Å². The topological polar surface area (TPSA) is 48.9 Å². The van der Waals surface area contributed by atoms with E-state index < -0.39 is 0 Å². The van der Waals surface area contributed by atoms with Gasteiger partial charge < -0.3 is 20.3 Å². The summed E-state index contributed by atoms with van der Waals surface area (Å²) in [4.78, 5) is 7.33. The lowest BCUT2D eigenvalue weighted by atomic mass is 9.96. The molecule has 1 aliphatic heterocycles. The van der Waals surface area contributed by atoms with Crippen LogP contribution in [0, 0.1) is 5.92 Å². The molecule has 1 atom stereocenters. The van der Waals surface area contributed by atoms with Crippen LogP contribution in [-0.2, 0) is 0 Å². The summed E-state index contributed by atoms with van der Waals surface area (Å²) >= 11 is 0. The number of guanidine groups is 1. The zero-order valence-corrected chi connectivity index (χ0v) is 16.3. The number of anilines is 1. The van der Waals surface area contributed by atoms with E-state index in [0.717, 1.165) is 37.9 Å². The second-order valence-corrected chi connectivity index (χ2v) is 7.47. The van der Waals surface area contributed by atoms with Gasteiger partial charge in [-0.3, -0.25) is 4.99 Å². The minimum atomic E-state index is 0.593. The van der Waals surface area contributed by atoms with Crippen molar-refractivity contribution >= 4 is 11.6 Å². The molecule has 0 amide bonds. The zero-order chi connectivity index (χ0) is 18.2. The van der Waals surface area contributed by atoms with E-state index in [0.29, 0.717) is 12.0 Å². The Bertz CT molecular complexity index is 583. The summed E-state index contributed by atoms with van der Waals surface area (Å²) in [5.41, 5.74) is 1.20. The number of rotatable bonds is 6. The van der Waals surface area contributed by atoms with Crippen molar-refractivity contribution in [3.8, 4) is 5.75 Å². The second kappa shape index (κ2) is 9.70. The largest absolute Gasteiger partial charge is 0.495 e. The molecule has 0 bridgehead atoms. The van der Waals surface area contributed by atoms with Gasteiger partial charge in [-0.1, -0.05) is 31.4 Å². The molecule has 0 aromatic heterocycles. The first-order valence-corrected chi connectivity index (χ1v) is 10.2. The van der Waals surface area contributed by atoms with Crippen LogP contribution in [0.2, 0.25) is 0 Å². The second-order valence-electron chi connectivity index (χ2n) is 7.47. The van der Waals surface area contributed by atoms with Gasteiger partial charge in [0.15, 0.2) is 5.96 Å². The molecule has 0 spiro atoms. The van der Waals surface area contributed by atoms with Crippen LogP contribution in [0.1, 0.15) is 45.4 Å². The highest BCUT2D eigenvalue weighted by Crippen LogP contribution is 2.32. The first-order chi connectivity index (χ1) is 12.8. The van der Waals surface area contributed by atoms with E-state index in [1.807, 2.05) is 12.1 Å². The van der Waals surface area contributed by atoms with Crippen LogP contribution >= 0.6 is 0 Å². The van der Waals surface area contributed by atoms with Crippen molar-refractivity contribution in [2.75, 3.05) is 38.2 Å². The van der Waals surface area contributed by atoms with Gasteiger partial charge in [0.25, 0.3) is 0 Å². The van der Waals surface area contributed by atoms with Crippen LogP contribution in [-0.4, -0.2) is 45.3 Å². The standard InChI is InChI=1S/C21H34N4O/c1-3-22-21(24-18-9-5-4-6-10-18)23-15-17-13-14-25(16-17)19-11-7-8-12-20(19)26-2/h7-8,11-12,17-18H,3-6,9-10,13-16H2,1-2H3,(H2,22,23,24). The normalized spacial score (nSPS) is 21.7. The summed E-state index contributed by atoms with van der Waals surface area (Å²) in [7, 11) is 1.75. The number of hydrogen-bond donors (Lipinski definition) is 2. The third-order valence-electron chi connectivity index (χ3n) is 5.51. The van der Waals surface area contributed by atoms with Gasteiger partial charge in [-0.2, -0.15) is 0 Å². The molecule has 2 N–H and O–H groups in total. The quantitative estimate of drug-likeness (QED) is 0.604. The fourth-order valence-electron chi connectivity index (χ4n) is 4.07.